The molecule has 0 aliphatic heterocycles. The van der Waals surface area contributed by atoms with Gasteiger partial charge in [0.25, 0.3) is 0 Å². The van der Waals surface area contributed by atoms with Crippen molar-refractivity contribution in [3.63, 3.8) is 0 Å². The van der Waals surface area contributed by atoms with Crippen LogP contribution in [0.5, 0.6) is 0 Å². The van der Waals surface area contributed by atoms with Gasteiger partial charge in [0.05, 0.1) is 15.1 Å². The quantitative estimate of drug-likeness (QED) is 0.530. The standard InChI is InChI=1S/C7H4Cl6/c8-3-1-2-7(12,13)6(11)5(10)4(3)9/h1-2H2. The molecule has 74 valence electrons. The highest BCUT2D eigenvalue weighted by atomic mass is 35.5. The maximum absolute atomic E-state index is 5.90. The van der Waals surface area contributed by atoms with Gasteiger partial charge in [0.1, 0.15) is 0 Å². The summed E-state index contributed by atoms with van der Waals surface area (Å²) < 4.78 is -1.20. The molecule has 1 rings (SSSR count). The third-order valence-electron chi connectivity index (χ3n) is 1.60. The van der Waals surface area contributed by atoms with Crippen LogP contribution >= 0.6 is 69.6 Å². The van der Waals surface area contributed by atoms with Gasteiger partial charge in [-0.25, -0.2) is 0 Å². The average molecular weight is 301 g/mol. The molecule has 0 spiro atoms. The number of hydrogen-bond donors (Lipinski definition) is 0. The lowest BCUT2D eigenvalue weighted by Gasteiger charge is -2.16. The van der Waals surface area contributed by atoms with Crippen LogP contribution in [0.15, 0.2) is 20.1 Å². The molecule has 0 aromatic carbocycles. The van der Waals surface area contributed by atoms with Crippen molar-refractivity contribution in [2.75, 3.05) is 0 Å². The smallest absolute Gasteiger partial charge is 0.0953 e. The molecular formula is C7H4Cl6. The van der Waals surface area contributed by atoms with Crippen molar-refractivity contribution >= 4 is 69.6 Å². The Balaban J connectivity index is 3.20. The highest BCUT2D eigenvalue weighted by molar-refractivity contribution is 6.59. The summed E-state index contributed by atoms with van der Waals surface area (Å²) in [6, 6.07) is 0. The molecule has 0 radical (unpaired) electrons. The lowest BCUT2D eigenvalue weighted by molar-refractivity contribution is 0.810. The van der Waals surface area contributed by atoms with Crippen molar-refractivity contribution in [3.8, 4) is 0 Å². The molecule has 0 heterocycles. The monoisotopic (exact) mass is 298 g/mol. The van der Waals surface area contributed by atoms with Gasteiger partial charge in [0, 0.05) is 5.03 Å². The Morgan fingerprint density at radius 2 is 1.46 bits per heavy atom. The minimum atomic E-state index is -1.20. The van der Waals surface area contributed by atoms with E-state index in [4.69, 9.17) is 69.6 Å². The Kier molecular flexibility index (Phi) is 4.14. The van der Waals surface area contributed by atoms with Crippen LogP contribution in [0, 0.1) is 0 Å². The minimum Gasteiger partial charge on any atom is -0.0953 e. The SMILES string of the molecule is ClC1=C(Cl)C(Cl)=C(Cl)C(Cl)(Cl)CC1. The Labute approximate surface area is 106 Å². The summed E-state index contributed by atoms with van der Waals surface area (Å²) in [5, 5.41) is 0.887. The molecular weight excluding hydrogens is 297 g/mol. The third kappa shape index (κ3) is 2.62. The van der Waals surface area contributed by atoms with Crippen LogP contribution in [0.3, 0.4) is 0 Å². The molecule has 0 nitrogen and oxygen atoms in total. The lowest BCUT2D eigenvalue weighted by atomic mass is 10.2. The van der Waals surface area contributed by atoms with Crippen LogP contribution in [0.2, 0.25) is 0 Å². The van der Waals surface area contributed by atoms with E-state index < -0.39 is 4.33 Å². The first kappa shape index (κ1) is 12.3. The second-order valence-electron chi connectivity index (χ2n) is 2.55. The van der Waals surface area contributed by atoms with E-state index >= 15 is 0 Å². The Morgan fingerprint density at radius 3 is 2.00 bits per heavy atom. The molecule has 0 saturated carbocycles. The zero-order valence-corrected chi connectivity index (χ0v) is 10.7. The summed E-state index contributed by atoms with van der Waals surface area (Å²) in [5.74, 6) is 0. The molecule has 6 heteroatoms. The van der Waals surface area contributed by atoms with Crippen molar-refractivity contribution in [1.29, 1.82) is 0 Å². The maximum atomic E-state index is 5.90. The third-order valence-corrected chi connectivity index (χ3v) is 4.53. The summed E-state index contributed by atoms with van der Waals surface area (Å²) in [5.41, 5.74) is 0. The normalized spacial score (nSPS) is 23.5. The average Bonchev–Trinajstić information content (AvgIpc) is 2.13. The van der Waals surface area contributed by atoms with Crippen LogP contribution in [0.4, 0.5) is 0 Å². The number of halogens is 6. The summed E-state index contributed by atoms with van der Waals surface area (Å²) in [6.07, 6.45) is 0.847. The molecule has 0 unspecified atom stereocenters. The first-order chi connectivity index (χ1) is 5.86. The van der Waals surface area contributed by atoms with Crippen molar-refractivity contribution in [1.82, 2.24) is 0 Å². The topological polar surface area (TPSA) is 0 Å². The van der Waals surface area contributed by atoms with E-state index in [1.807, 2.05) is 0 Å². The fourth-order valence-corrected chi connectivity index (χ4v) is 2.28. The molecule has 0 atom stereocenters. The first-order valence-corrected chi connectivity index (χ1v) is 5.61. The van der Waals surface area contributed by atoms with Crippen LogP contribution < -0.4 is 0 Å². The van der Waals surface area contributed by atoms with E-state index in [2.05, 4.69) is 0 Å². The maximum Gasteiger partial charge on any atom is 0.155 e. The fraction of sp³-hybridized carbons (Fsp3) is 0.429. The zero-order chi connectivity index (χ0) is 10.2. The van der Waals surface area contributed by atoms with Gasteiger partial charge in [-0.1, -0.05) is 69.6 Å². The van der Waals surface area contributed by atoms with Gasteiger partial charge in [-0.15, -0.1) is 0 Å². The van der Waals surface area contributed by atoms with E-state index in [0.29, 0.717) is 17.9 Å². The number of allylic oxidation sites excluding steroid dienone is 4. The van der Waals surface area contributed by atoms with Crippen LogP contribution in [0.25, 0.3) is 0 Å². The molecule has 0 bridgehead atoms. The second-order valence-corrected chi connectivity index (χ2v) is 5.63. The molecule has 0 N–H and O–H groups in total. The number of alkyl halides is 2. The van der Waals surface area contributed by atoms with Gasteiger partial charge in [-0.3, -0.25) is 0 Å². The van der Waals surface area contributed by atoms with E-state index in [1.54, 1.807) is 0 Å². The van der Waals surface area contributed by atoms with Crippen LogP contribution in [-0.2, 0) is 0 Å². The molecule has 1 aliphatic carbocycles. The number of rotatable bonds is 0. The lowest BCUT2D eigenvalue weighted by Crippen LogP contribution is -2.12. The van der Waals surface area contributed by atoms with E-state index in [0.717, 1.165) is 0 Å². The van der Waals surface area contributed by atoms with Crippen LogP contribution in [0.1, 0.15) is 12.8 Å². The molecule has 0 aromatic heterocycles. The van der Waals surface area contributed by atoms with E-state index in [1.165, 1.54) is 0 Å². The molecule has 0 amide bonds. The highest BCUT2D eigenvalue weighted by Crippen LogP contribution is 2.47. The predicted octanol–water partition coefficient (Wildman–Crippen LogP) is 5.33. The molecule has 0 aromatic rings. The van der Waals surface area contributed by atoms with Gasteiger partial charge in [-0.2, -0.15) is 0 Å². The zero-order valence-electron chi connectivity index (χ0n) is 6.18. The summed E-state index contributed by atoms with van der Waals surface area (Å²) >= 11 is 35.0. The fourth-order valence-electron chi connectivity index (χ4n) is 0.862. The van der Waals surface area contributed by atoms with Crippen molar-refractivity contribution in [3.05, 3.63) is 20.1 Å². The van der Waals surface area contributed by atoms with Gasteiger partial charge < -0.3 is 0 Å². The van der Waals surface area contributed by atoms with Crippen molar-refractivity contribution in [2.45, 2.75) is 17.2 Å². The van der Waals surface area contributed by atoms with Crippen molar-refractivity contribution < 1.29 is 0 Å². The van der Waals surface area contributed by atoms with Crippen molar-refractivity contribution in [2.24, 2.45) is 0 Å². The largest absolute Gasteiger partial charge is 0.155 e. The summed E-state index contributed by atoms with van der Waals surface area (Å²) in [7, 11) is 0. The molecule has 1 aliphatic rings. The Morgan fingerprint density at radius 1 is 0.923 bits per heavy atom. The van der Waals surface area contributed by atoms with E-state index in [9.17, 15) is 0 Å². The molecule has 0 fully saturated rings. The first-order valence-electron chi connectivity index (χ1n) is 3.34. The Hall–Kier alpha value is 1.22. The highest BCUT2D eigenvalue weighted by Gasteiger charge is 2.34. The molecule has 0 saturated heterocycles. The summed E-state index contributed by atoms with van der Waals surface area (Å²) in [4.78, 5) is 0. The second kappa shape index (κ2) is 4.38. The van der Waals surface area contributed by atoms with Gasteiger partial charge >= 0.3 is 0 Å². The molecule has 13 heavy (non-hydrogen) atoms. The van der Waals surface area contributed by atoms with E-state index in [-0.39, 0.29) is 15.1 Å². The summed E-state index contributed by atoms with van der Waals surface area (Å²) in [6.45, 7) is 0. The van der Waals surface area contributed by atoms with Gasteiger partial charge in [-0.05, 0) is 12.8 Å². The van der Waals surface area contributed by atoms with Gasteiger partial charge in [0.15, 0.2) is 4.33 Å². The minimum absolute atomic E-state index is 0.121. The van der Waals surface area contributed by atoms with Gasteiger partial charge in [0.2, 0.25) is 0 Å². The number of hydrogen-bond acceptors (Lipinski definition) is 0. The predicted molar refractivity (Wildman–Crippen MR) is 61.1 cm³/mol. The Bertz CT molecular complexity index is 287. The van der Waals surface area contributed by atoms with Crippen LogP contribution in [-0.4, -0.2) is 4.33 Å².